The molecule has 4 heteroatoms. The van der Waals surface area contributed by atoms with E-state index in [0.717, 1.165) is 44.7 Å². The number of fused-ring (bicyclic) bond motifs is 3. The van der Waals surface area contributed by atoms with Gasteiger partial charge in [0.2, 0.25) is 11.4 Å². The number of pyridine rings is 3. The highest BCUT2D eigenvalue weighted by molar-refractivity contribution is 6.09. The van der Waals surface area contributed by atoms with Gasteiger partial charge in [0.05, 0.1) is 17.0 Å². The van der Waals surface area contributed by atoms with Gasteiger partial charge in [-0.1, -0.05) is 53.7 Å². The molecule has 0 amide bonds. The van der Waals surface area contributed by atoms with Crippen molar-refractivity contribution in [1.82, 2.24) is 9.97 Å². The van der Waals surface area contributed by atoms with E-state index in [1.54, 1.807) is 0 Å². The zero-order valence-electron chi connectivity index (χ0n) is 22.0. The lowest BCUT2D eigenvalue weighted by molar-refractivity contribution is -0.660. The number of nitrogens with zero attached hydrogens (tertiary/aromatic N) is 3. The first kappa shape index (κ1) is 23.2. The quantitative estimate of drug-likeness (QED) is 0.255. The molecule has 0 aliphatic rings. The molecule has 4 heterocycles. The maximum atomic E-state index is 6.48. The van der Waals surface area contributed by atoms with E-state index in [1.165, 1.54) is 11.1 Å². The fourth-order valence-electron chi connectivity index (χ4n) is 4.54. The lowest BCUT2D eigenvalue weighted by Crippen LogP contribution is -2.30. The molecule has 0 fully saturated rings. The molecule has 0 aliphatic heterocycles. The summed E-state index contributed by atoms with van der Waals surface area (Å²) < 4.78 is 8.61. The summed E-state index contributed by atoms with van der Waals surface area (Å²) in [5.41, 5.74) is 8.91. The monoisotopic (exact) mass is 464 g/mol. The molecular weight excluding hydrogens is 430 g/mol. The van der Waals surface area contributed by atoms with Crippen molar-refractivity contribution in [3.8, 4) is 22.6 Å². The van der Waals surface area contributed by atoms with Gasteiger partial charge in [-0.25, -0.2) is 9.55 Å². The molecule has 0 aliphatic carbocycles. The third kappa shape index (κ3) is 4.12. The topological polar surface area (TPSA) is 42.8 Å². The second-order valence-electron chi connectivity index (χ2n) is 11.6. The van der Waals surface area contributed by atoms with Gasteiger partial charge in [-0.3, -0.25) is 4.98 Å². The smallest absolute Gasteiger partial charge is 0.227 e. The molecule has 1 aromatic carbocycles. The minimum absolute atomic E-state index is 0.0127. The molecular formula is C31H34N3O+. The average Bonchev–Trinajstić information content (AvgIpc) is 3.16. The molecule has 0 unspecified atom stereocenters. The van der Waals surface area contributed by atoms with Crippen LogP contribution in [0.2, 0.25) is 0 Å². The SMILES string of the molecule is Cc1ccc2c(oc3nc(-c4cc(C(C)(C)C)cc(C(C)(C)C)n4)ccc32)c1-c1cccc[n+]1C. The predicted molar refractivity (Wildman–Crippen MR) is 143 cm³/mol. The molecule has 0 bridgehead atoms. The average molecular weight is 465 g/mol. The van der Waals surface area contributed by atoms with Crippen LogP contribution in [0.4, 0.5) is 0 Å². The summed E-state index contributed by atoms with van der Waals surface area (Å²) in [7, 11) is 2.06. The molecule has 0 N–H and O–H groups in total. The number of aromatic nitrogens is 3. The number of rotatable bonds is 2. The van der Waals surface area contributed by atoms with Crippen molar-refractivity contribution in [2.45, 2.75) is 59.3 Å². The number of hydrogen-bond acceptors (Lipinski definition) is 3. The third-order valence-corrected chi connectivity index (χ3v) is 6.75. The summed E-state index contributed by atoms with van der Waals surface area (Å²) in [4.78, 5) is 10.0. The van der Waals surface area contributed by atoms with Crippen LogP contribution in [-0.2, 0) is 17.9 Å². The van der Waals surface area contributed by atoms with Gasteiger partial charge >= 0.3 is 0 Å². The van der Waals surface area contributed by atoms with E-state index >= 15 is 0 Å². The molecule has 0 atom stereocenters. The van der Waals surface area contributed by atoms with E-state index in [9.17, 15) is 0 Å². The van der Waals surface area contributed by atoms with Crippen LogP contribution < -0.4 is 4.57 Å². The summed E-state index contributed by atoms with van der Waals surface area (Å²) in [5.74, 6) is 0. The van der Waals surface area contributed by atoms with E-state index in [2.05, 4.69) is 115 Å². The van der Waals surface area contributed by atoms with Crippen molar-refractivity contribution in [2.24, 2.45) is 7.05 Å². The summed E-state index contributed by atoms with van der Waals surface area (Å²) in [6.07, 6.45) is 2.06. The molecule has 0 saturated heterocycles. The lowest BCUT2D eigenvalue weighted by atomic mass is 9.83. The minimum atomic E-state index is -0.0584. The molecule has 4 aromatic heterocycles. The van der Waals surface area contributed by atoms with Gasteiger partial charge in [0.1, 0.15) is 7.05 Å². The molecule has 0 spiro atoms. The maximum Gasteiger partial charge on any atom is 0.227 e. The Morgan fingerprint density at radius 2 is 1.51 bits per heavy atom. The fourth-order valence-corrected chi connectivity index (χ4v) is 4.54. The zero-order valence-corrected chi connectivity index (χ0v) is 22.0. The Morgan fingerprint density at radius 3 is 2.20 bits per heavy atom. The summed E-state index contributed by atoms with van der Waals surface area (Å²) in [6, 6.07) is 19.1. The fraction of sp³-hybridized carbons (Fsp3) is 0.323. The van der Waals surface area contributed by atoms with Crippen LogP contribution in [0.3, 0.4) is 0 Å². The number of hydrogen-bond donors (Lipinski definition) is 0. The lowest BCUT2D eigenvalue weighted by Gasteiger charge is -2.25. The van der Waals surface area contributed by atoms with E-state index in [4.69, 9.17) is 14.4 Å². The molecule has 178 valence electrons. The van der Waals surface area contributed by atoms with Crippen LogP contribution in [0.15, 0.2) is 65.2 Å². The highest BCUT2D eigenvalue weighted by Crippen LogP contribution is 2.37. The van der Waals surface area contributed by atoms with E-state index in [-0.39, 0.29) is 10.8 Å². The van der Waals surface area contributed by atoms with Crippen molar-refractivity contribution < 1.29 is 8.98 Å². The Balaban J connectivity index is 1.74. The Hall–Kier alpha value is -3.53. The first-order valence-corrected chi connectivity index (χ1v) is 12.2. The zero-order chi connectivity index (χ0) is 25.1. The van der Waals surface area contributed by atoms with Gasteiger partial charge in [0.15, 0.2) is 11.8 Å². The molecule has 5 aromatic rings. The summed E-state index contributed by atoms with van der Waals surface area (Å²) in [6.45, 7) is 15.5. The normalized spacial score (nSPS) is 12.6. The van der Waals surface area contributed by atoms with E-state index in [0.29, 0.717) is 5.71 Å². The van der Waals surface area contributed by atoms with Crippen molar-refractivity contribution in [2.75, 3.05) is 0 Å². The van der Waals surface area contributed by atoms with E-state index in [1.807, 2.05) is 6.07 Å². The number of benzene rings is 1. The van der Waals surface area contributed by atoms with Crippen LogP contribution in [-0.4, -0.2) is 9.97 Å². The van der Waals surface area contributed by atoms with Crippen molar-refractivity contribution >= 4 is 22.1 Å². The highest BCUT2D eigenvalue weighted by atomic mass is 16.3. The first-order valence-electron chi connectivity index (χ1n) is 12.2. The van der Waals surface area contributed by atoms with Gasteiger partial charge in [0, 0.05) is 34.0 Å². The minimum Gasteiger partial charge on any atom is -0.437 e. The third-order valence-electron chi connectivity index (χ3n) is 6.75. The Labute approximate surface area is 207 Å². The number of aryl methyl sites for hydroxylation is 2. The second kappa shape index (κ2) is 8.01. The standard InChI is InChI=1S/C31H34N3O/c1-19-12-13-21-22-14-15-23(24-17-20(30(2,3)4)18-26(32-24)31(5,6)7)33-29(22)35-28(21)27(19)25-11-9-10-16-34(25)8/h9-18H,1-8H3/q+1. The van der Waals surface area contributed by atoms with Crippen molar-refractivity contribution in [1.29, 1.82) is 0 Å². The van der Waals surface area contributed by atoms with Crippen molar-refractivity contribution in [3.05, 3.63) is 77.6 Å². The second-order valence-corrected chi connectivity index (χ2v) is 11.6. The Bertz CT molecular complexity index is 1550. The first-order chi connectivity index (χ1) is 16.4. The van der Waals surface area contributed by atoms with Crippen LogP contribution >= 0.6 is 0 Å². The molecule has 5 rings (SSSR count). The van der Waals surface area contributed by atoms with Crippen LogP contribution in [0.5, 0.6) is 0 Å². The van der Waals surface area contributed by atoms with Crippen LogP contribution in [0.1, 0.15) is 58.4 Å². The van der Waals surface area contributed by atoms with Crippen LogP contribution in [0.25, 0.3) is 44.7 Å². The van der Waals surface area contributed by atoms with Gasteiger partial charge in [-0.2, -0.15) is 0 Å². The molecule has 4 nitrogen and oxygen atoms in total. The van der Waals surface area contributed by atoms with Crippen LogP contribution in [0, 0.1) is 6.92 Å². The number of furan rings is 1. The van der Waals surface area contributed by atoms with E-state index < -0.39 is 0 Å². The molecule has 0 saturated carbocycles. The summed E-state index contributed by atoms with van der Waals surface area (Å²) >= 11 is 0. The Kier molecular flexibility index (Phi) is 5.32. The Morgan fingerprint density at radius 1 is 0.771 bits per heavy atom. The predicted octanol–water partition coefficient (Wildman–Crippen LogP) is 7.44. The maximum absolute atomic E-state index is 6.48. The summed E-state index contributed by atoms with van der Waals surface area (Å²) in [5, 5.41) is 2.10. The molecule has 35 heavy (non-hydrogen) atoms. The van der Waals surface area contributed by atoms with Gasteiger partial charge in [-0.05, 0) is 53.8 Å². The van der Waals surface area contributed by atoms with Gasteiger partial charge < -0.3 is 4.42 Å². The molecule has 0 radical (unpaired) electrons. The van der Waals surface area contributed by atoms with Crippen molar-refractivity contribution in [3.63, 3.8) is 0 Å². The van der Waals surface area contributed by atoms with Gasteiger partial charge in [-0.15, -0.1) is 0 Å². The largest absolute Gasteiger partial charge is 0.437 e. The van der Waals surface area contributed by atoms with Gasteiger partial charge in [0.25, 0.3) is 0 Å². The highest BCUT2D eigenvalue weighted by Gasteiger charge is 2.24.